The van der Waals surface area contributed by atoms with Gasteiger partial charge in [-0.15, -0.1) is 0 Å². The molecule has 0 aliphatic carbocycles. The van der Waals surface area contributed by atoms with Crippen molar-refractivity contribution in [2.75, 3.05) is 18.5 Å². The van der Waals surface area contributed by atoms with E-state index in [4.69, 9.17) is 25.8 Å². The number of carbonyl (C=O) groups excluding carboxylic acids is 1. The minimum absolute atomic E-state index is 0.0189. The maximum atomic E-state index is 12.7. The van der Waals surface area contributed by atoms with E-state index in [0.29, 0.717) is 46.9 Å². The van der Waals surface area contributed by atoms with Crippen molar-refractivity contribution >= 4 is 23.2 Å². The smallest absolute Gasteiger partial charge is 0.257 e. The molecule has 6 nitrogen and oxygen atoms in total. The van der Waals surface area contributed by atoms with Gasteiger partial charge in [0.15, 0.2) is 5.75 Å². The van der Waals surface area contributed by atoms with Crippen molar-refractivity contribution < 1.29 is 19.0 Å². The van der Waals surface area contributed by atoms with Gasteiger partial charge >= 0.3 is 0 Å². The third kappa shape index (κ3) is 5.09. The van der Waals surface area contributed by atoms with Crippen LogP contribution in [0, 0.1) is 0 Å². The summed E-state index contributed by atoms with van der Waals surface area (Å²) >= 11 is 6.31. The average Bonchev–Trinajstić information content (AvgIpc) is 2.78. The second kappa shape index (κ2) is 9.61. The summed E-state index contributed by atoms with van der Waals surface area (Å²) in [6.07, 6.45) is 3.05. The van der Waals surface area contributed by atoms with E-state index >= 15 is 0 Å². The molecule has 1 aliphatic heterocycles. The molecule has 1 aromatic heterocycles. The number of aromatic nitrogens is 1. The number of anilines is 1. The Morgan fingerprint density at radius 2 is 1.80 bits per heavy atom. The molecule has 1 aliphatic rings. The first-order valence-corrected chi connectivity index (χ1v) is 10.1. The third-order valence-electron chi connectivity index (χ3n) is 4.62. The van der Waals surface area contributed by atoms with E-state index in [-0.39, 0.29) is 12.0 Å². The maximum absolute atomic E-state index is 12.7. The number of benzene rings is 2. The van der Waals surface area contributed by atoms with Crippen LogP contribution < -0.4 is 14.8 Å². The van der Waals surface area contributed by atoms with Crippen molar-refractivity contribution in [1.29, 1.82) is 0 Å². The molecule has 0 unspecified atom stereocenters. The Kier molecular flexibility index (Phi) is 6.47. The van der Waals surface area contributed by atoms with Crippen LogP contribution in [0.4, 0.5) is 5.69 Å². The first-order chi connectivity index (χ1) is 14.7. The molecule has 2 aromatic carbocycles. The van der Waals surface area contributed by atoms with E-state index in [1.54, 1.807) is 18.2 Å². The summed E-state index contributed by atoms with van der Waals surface area (Å²) in [5.74, 6) is 1.20. The topological polar surface area (TPSA) is 69.7 Å². The van der Waals surface area contributed by atoms with E-state index in [2.05, 4.69) is 10.3 Å². The van der Waals surface area contributed by atoms with Gasteiger partial charge in [-0.25, -0.2) is 4.98 Å². The molecule has 154 valence electrons. The molecule has 7 heteroatoms. The number of hydrogen-bond donors (Lipinski definition) is 1. The Hall–Kier alpha value is -3.09. The van der Waals surface area contributed by atoms with Crippen molar-refractivity contribution in [2.24, 2.45) is 0 Å². The number of hydrogen-bond acceptors (Lipinski definition) is 5. The summed E-state index contributed by atoms with van der Waals surface area (Å²) in [4.78, 5) is 17.0. The lowest BCUT2D eigenvalue weighted by molar-refractivity contribution is 0.0238. The normalized spacial score (nSPS) is 14.2. The molecule has 1 N–H and O–H groups in total. The second-order valence-corrected chi connectivity index (χ2v) is 7.21. The molecular formula is C23H21ClN2O4. The van der Waals surface area contributed by atoms with Crippen LogP contribution in [0.2, 0.25) is 5.02 Å². The molecule has 0 bridgehead atoms. The van der Waals surface area contributed by atoms with Crippen LogP contribution in [0.1, 0.15) is 23.2 Å². The zero-order valence-electron chi connectivity index (χ0n) is 16.2. The van der Waals surface area contributed by atoms with Crippen LogP contribution in [-0.4, -0.2) is 30.2 Å². The van der Waals surface area contributed by atoms with E-state index in [9.17, 15) is 4.79 Å². The summed E-state index contributed by atoms with van der Waals surface area (Å²) in [6, 6.07) is 18.2. The van der Waals surface area contributed by atoms with Crippen molar-refractivity contribution in [2.45, 2.75) is 18.9 Å². The standard InChI is InChI=1S/C23H21ClN2O4/c24-19-14-16(15-25-23(19)30-18-10-12-28-13-11-18)22(27)26-20-8-4-5-9-21(20)29-17-6-2-1-3-7-17/h1-9,14-15,18H,10-13H2,(H,26,27). The van der Waals surface area contributed by atoms with Crippen LogP contribution >= 0.6 is 11.6 Å². The minimum atomic E-state index is -0.342. The zero-order valence-corrected chi connectivity index (χ0v) is 17.0. The molecule has 0 spiro atoms. The first-order valence-electron chi connectivity index (χ1n) is 9.72. The second-order valence-electron chi connectivity index (χ2n) is 6.81. The van der Waals surface area contributed by atoms with E-state index in [0.717, 1.165) is 12.8 Å². The Bertz CT molecular complexity index is 1010. The van der Waals surface area contributed by atoms with Gasteiger partial charge in [-0.1, -0.05) is 41.9 Å². The number of pyridine rings is 1. The molecule has 4 rings (SSSR count). The highest BCUT2D eigenvalue weighted by molar-refractivity contribution is 6.32. The molecule has 0 radical (unpaired) electrons. The number of rotatable bonds is 6. The molecule has 2 heterocycles. The van der Waals surface area contributed by atoms with Crippen LogP contribution in [-0.2, 0) is 4.74 Å². The number of halogens is 1. The van der Waals surface area contributed by atoms with Crippen LogP contribution in [0.25, 0.3) is 0 Å². The zero-order chi connectivity index (χ0) is 20.8. The summed E-state index contributed by atoms with van der Waals surface area (Å²) < 4.78 is 17.1. The fourth-order valence-electron chi connectivity index (χ4n) is 3.06. The van der Waals surface area contributed by atoms with Crippen molar-refractivity contribution in [3.8, 4) is 17.4 Å². The Morgan fingerprint density at radius 3 is 2.57 bits per heavy atom. The van der Waals surface area contributed by atoms with Crippen molar-refractivity contribution in [1.82, 2.24) is 4.98 Å². The van der Waals surface area contributed by atoms with E-state index < -0.39 is 0 Å². The van der Waals surface area contributed by atoms with E-state index in [1.165, 1.54) is 6.20 Å². The summed E-state index contributed by atoms with van der Waals surface area (Å²) in [5.41, 5.74) is 0.874. The Morgan fingerprint density at radius 1 is 1.07 bits per heavy atom. The molecule has 30 heavy (non-hydrogen) atoms. The third-order valence-corrected chi connectivity index (χ3v) is 4.89. The highest BCUT2D eigenvalue weighted by atomic mass is 35.5. The fraction of sp³-hybridized carbons (Fsp3) is 0.217. The Labute approximate surface area is 179 Å². The molecule has 0 atom stereocenters. The van der Waals surface area contributed by atoms with Gasteiger partial charge in [0, 0.05) is 19.0 Å². The van der Waals surface area contributed by atoms with Gasteiger partial charge in [-0.3, -0.25) is 4.79 Å². The lowest BCUT2D eigenvalue weighted by atomic mass is 10.1. The molecule has 3 aromatic rings. The van der Waals surface area contributed by atoms with Gasteiger partial charge in [-0.05, 0) is 30.3 Å². The monoisotopic (exact) mass is 424 g/mol. The van der Waals surface area contributed by atoms with E-state index in [1.807, 2.05) is 42.5 Å². The number of ether oxygens (including phenoxy) is 3. The minimum Gasteiger partial charge on any atom is -0.473 e. The largest absolute Gasteiger partial charge is 0.473 e. The molecule has 1 fully saturated rings. The molecular weight excluding hydrogens is 404 g/mol. The van der Waals surface area contributed by atoms with Gasteiger partial charge in [-0.2, -0.15) is 0 Å². The first kappa shape index (κ1) is 20.2. The average molecular weight is 425 g/mol. The molecule has 1 saturated heterocycles. The summed E-state index contributed by atoms with van der Waals surface area (Å²) in [7, 11) is 0. The van der Waals surface area contributed by atoms with Gasteiger partial charge in [0.25, 0.3) is 5.91 Å². The highest BCUT2D eigenvalue weighted by Gasteiger charge is 2.19. The highest BCUT2D eigenvalue weighted by Crippen LogP contribution is 2.30. The van der Waals surface area contributed by atoms with Gasteiger partial charge in [0.1, 0.15) is 16.9 Å². The number of para-hydroxylation sites is 3. The predicted molar refractivity (Wildman–Crippen MR) is 115 cm³/mol. The SMILES string of the molecule is O=C(Nc1ccccc1Oc1ccccc1)c1cnc(OC2CCOCC2)c(Cl)c1. The number of carbonyl (C=O) groups is 1. The predicted octanol–water partition coefficient (Wildman–Crippen LogP) is 5.34. The molecule has 1 amide bonds. The fourth-order valence-corrected chi connectivity index (χ4v) is 3.27. The van der Waals surface area contributed by atoms with Crippen LogP contribution in [0.5, 0.6) is 17.4 Å². The maximum Gasteiger partial charge on any atom is 0.257 e. The lowest BCUT2D eigenvalue weighted by Crippen LogP contribution is -2.26. The number of amides is 1. The van der Waals surface area contributed by atoms with Crippen molar-refractivity contribution in [3.05, 3.63) is 77.4 Å². The lowest BCUT2D eigenvalue weighted by Gasteiger charge is -2.23. The van der Waals surface area contributed by atoms with Gasteiger partial charge in [0.05, 0.1) is 24.5 Å². The van der Waals surface area contributed by atoms with Crippen LogP contribution in [0.15, 0.2) is 66.9 Å². The molecule has 0 saturated carbocycles. The van der Waals surface area contributed by atoms with Gasteiger partial charge in [0.2, 0.25) is 5.88 Å². The van der Waals surface area contributed by atoms with Crippen LogP contribution in [0.3, 0.4) is 0 Å². The summed E-state index contributed by atoms with van der Waals surface area (Å²) in [6.45, 7) is 1.32. The number of nitrogens with zero attached hydrogens (tertiary/aromatic N) is 1. The summed E-state index contributed by atoms with van der Waals surface area (Å²) in [5, 5.41) is 3.15. The Balaban J connectivity index is 1.46. The quantitative estimate of drug-likeness (QED) is 0.578. The van der Waals surface area contributed by atoms with Crippen molar-refractivity contribution in [3.63, 3.8) is 0 Å². The number of nitrogens with one attached hydrogen (secondary N) is 1. The van der Waals surface area contributed by atoms with Gasteiger partial charge < -0.3 is 19.5 Å².